The number of carbonyl (C=O) groups excluding carboxylic acids is 1. The van der Waals surface area contributed by atoms with Crippen LogP contribution in [0.4, 0.5) is 0 Å². The van der Waals surface area contributed by atoms with Gasteiger partial charge in [-0.05, 0) is 42.5 Å². The van der Waals surface area contributed by atoms with Crippen molar-refractivity contribution in [3.05, 3.63) is 29.3 Å². The molecule has 0 aromatic heterocycles. The quantitative estimate of drug-likeness (QED) is 0.773. The third-order valence-electron chi connectivity index (χ3n) is 2.46. The average molecular weight is 223 g/mol. The second-order valence-corrected chi connectivity index (χ2v) is 3.61. The molecule has 0 spiro atoms. The van der Waals surface area contributed by atoms with Gasteiger partial charge in [-0.3, -0.25) is 4.79 Å². The normalized spacial score (nSPS) is 12.4. The van der Waals surface area contributed by atoms with Crippen molar-refractivity contribution in [1.29, 1.82) is 0 Å². The van der Waals surface area contributed by atoms with Crippen molar-refractivity contribution in [1.82, 2.24) is 0 Å². The van der Waals surface area contributed by atoms with Gasteiger partial charge < -0.3 is 15.6 Å². The van der Waals surface area contributed by atoms with Crippen molar-refractivity contribution in [2.45, 2.75) is 19.3 Å². The fraction of sp³-hybridized carbons (Fsp3) is 0.417. The van der Waals surface area contributed by atoms with Crippen molar-refractivity contribution in [2.75, 3.05) is 13.7 Å². The van der Waals surface area contributed by atoms with Gasteiger partial charge in [-0.1, -0.05) is 6.07 Å². The van der Waals surface area contributed by atoms with Crippen LogP contribution >= 0.6 is 0 Å². The van der Waals surface area contributed by atoms with Gasteiger partial charge >= 0.3 is 0 Å². The minimum Gasteiger partial charge on any atom is -0.497 e. The van der Waals surface area contributed by atoms with Crippen LogP contribution < -0.4 is 10.5 Å². The number of carbonyl (C=O) groups is 1. The number of fused-ring (bicyclic) bond motifs is 1. The number of rotatable bonds is 2. The van der Waals surface area contributed by atoms with Crippen LogP contribution in [0.2, 0.25) is 0 Å². The Hall–Kier alpha value is -1.55. The molecule has 4 nitrogen and oxygen atoms in total. The van der Waals surface area contributed by atoms with Crippen molar-refractivity contribution in [3.63, 3.8) is 0 Å². The molecule has 1 aliphatic carbocycles. The van der Waals surface area contributed by atoms with E-state index in [-0.39, 0.29) is 0 Å². The fourth-order valence-electron chi connectivity index (χ4n) is 1.68. The Labute approximate surface area is 95.0 Å². The predicted molar refractivity (Wildman–Crippen MR) is 61.3 cm³/mol. The Morgan fingerprint density at radius 2 is 2.06 bits per heavy atom. The Kier molecular flexibility index (Phi) is 4.79. The lowest BCUT2D eigenvalue weighted by atomic mass is 10.1. The van der Waals surface area contributed by atoms with E-state index in [4.69, 9.17) is 9.84 Å². The lowest BCUT2D eigenvalue weighted by Crippen LogP contribution is -2.14. The number of primary amides is 1. The average Bonchev–Trinajstić information content (AvgIpc) is 2.76. The van der Waals surface area contributed by atoms with E-state index in [0.29, 0.717) is 0 Å². The van der Waals surface area contributed by atoms with Crippen LogP contribution in [0.25, 0.3) is 0 Å². The number of nitrogens with two attached hydrogens (primary N) is 1. The molecule has 0 saturated carbocycles. The number of amides is 1. The third kappa shape index (κ3) is 3.55. The summed E-state index contributed by atoms with van der Waals surface area (Å²) in [5, 5.41) is 7.67. The van der Waals surface area contributed by atoms with E-state index in [1.54, 1.807) is 7.11 Å². The Bertz CT molecular complexity index is 363. The molecular formula is C12H17NO3. The van der Waals surface area contributed by atoms with E-state index >= 15 is 0 Å². The molecule has 1 aromatic carbocycles. The van der Waals surface area contributed by atoms with Crippen LogP contribution in [0.3, 0.4) is 0 Å². The molecule has 1 amide bonds. The fourth-order valence-corrected chi connectivity index (χ4v) is 1.68. The number of aryl methyl sites for hydroxylation is 2. The van der Waals surface area contributed by atoms with Crippen molar-refractivity contribution in [3.8, 4) is 5.75 Å². The molecule has 0 heterocycles. The van der Waals surface area contributed by atoms with Crippen LogP contribution in [-0.2, 0) is 17.6 Å². The van der Waals surface area contributed by atoms with Crippen LogP contribution in [-0.4, -0.2) is 24.7 Å². The molecule has 1 aromatic rings. The van der Waals surface area contributed by atoms with E-state index < -0.39 is 12.5 Å². The second kappa shape index (κ2) is 6.12. The maximum Gasteiger partial charge on any atom is 0.243 e. The van der Waals surface area contributed by atoms with E-state index in [1.807, 2.05) is 6.07 Å². The molecule has 0 fully saturated rings. The van der Waals surface area contributed by atoms with Crippen LogP contribution in [0.15, 0.2) is 18.2 Å². The summed E-state index contributed by atoms with van der Waals surface area (Å²) >= 11 is 0. The highest BCUT2D eigenvalue weighted by Gasteiger charge is 2.10. The van der Waals surface area contributed by atoms with E-state index in [1.165, 1.54) is 30.4 Å². The zero-order valence-electron chi connectivity index (χ0n) is 9.40. The lowest BCUT2D eigenvalue weighted by molar-refractivity contribution is -0.120. The Balaban J connectivity index is 0.000000221. The molecule has 0 aliphatic heterocycles. The summed E-state index contributed by atoms with van der Waals surface area (Å²) in [6, 6.07) is 6.38. The molecule has 4 heteroatoms. The number of methoxy groups -OCH3 is 1. The SMILES string of the molecule is COc1ccc2c(c1)CCC2.NC(=O)CO. The van der Waals surface area contributed by atoms with Gasteiger partial charge in [-0.2, -0.15) is 0 Å². The van der Waals surface area contributed by atoms with E-state index in [0.717, 1.165) is 5.75 Å². The number of aliphatic hydroxyl groups is 1. The van der Waals surface area contributed by atoms with Crippen molar-refractivity contribution < 1.29 is 14.6 Å². The monoisotopic (exact) mass is 223 g/mol. The Morgan fingerprint density at radius 3 is 2.62 bits per heavy atom. The molecule has 88 valence electrons. The highest BCUT2D eigenvalue weighted by molar-refractivity contribution is 5.74. The van der Waals surface area contributed by atoms with E-state index in [9.17, 15) is 4.79 Å². The molecule has 0 bridgehead atoms. The Morgan fingerprint density at radius 1 is 1.44 bits per heavy atom. The number of hydrogen-bond donors (Lipinski definition) is 2. The topological polar surface area (TPSA) is 72.5 Å². The molecule has 0 atom stereocenters. The largest absolute Gasteiger partial charge is 0.497 e. The highest BCUT2D eigenvalue weighted by atomic mass is 16.5. The molecule has 1 aliphatic rings. The molecule has 0 unspecified atom stereocenters. The zero-order valence-corrected chi connectivity index (χ0v) is 9.40. The van der Waals surface area contributed by atoms with Gasteiger partial charge in [0.15, 0.2) is 0 Å². The molecule has 3 N–H and O–H groups in total. The molecular weight excluding hydrogens is 206 g/mol. The maximum absolute atomic E-state index is 9.34. The van der Waals surface area contributed by atoms with E-state index in [2.05, 4.69) is 17.9 Å². The highest BCUT2D eigenvalue weighted by Crippen LogP contribution is 2.25. The van der Waals surface area contributed by atoms with Gasteiger partial charge in [0.2, 0.25) is 5.91 Å². The zero-order chi connectivity index (χ0) is 12.0. The smallest absolute Gasteiger partial charge is 0.243 e. The van der Waals surface area contributed by atoms with Gasteiger partial charge in [0.25, 0.3) is 0 Å². The summed E-state index contributed by atoms with van der Waals surface area (Å²) in [4.78, 5) is 9.34. The van der Waals surface area contributed by atoms with Crippen molar-refractivity contribution in [2.24, 2.45) is 5.73 Å². The van der Waals surface area contributed by atoms with Gasteiger partial charge in [-0.25, -0.2) is 0 Å². The summed E-state index contributed by atoms with van der Waals surface area (Å²) in [5.74, 6) is 0.302. The number of benzene rings is 1. The van der Waals surface area contributed by atoms with Gasteiger partial charge in [-0.15, -0.1) is 0 Å². The summed E-state index contributed by atoms with van der Waals surface area (Å²) in [6.45, 7) is -0.556. The number of aliphatic hydroxyl groups excluding tert-OH is 1. The van der Waals surface area contributed by atoms with Gasteiger partial charge in [0.05, 0.1) is 7.11 Å². The van der Waals surface area contributed by atoms with Crippen molar-refractivity contribution >= 4 is 5.91 Å². The van der Waals surface area contributed by atoms with Gasteiger partial charge in [0, 0.05) is 0 Å². The predicted octanol–water partition coefficient (Wildman–Crippen LogP) is 0.648. The standard InChI is InChI=1S/C10H12O.C2H5NO2/c1-11-10-6-5-8-3-2-4-9(8)7-10;3-2(5)1-4/h5-7H,2-4H2,1H3;4H,1H2,(H2,3,5). The summed E-state index contributed by atoms with van der Waals surface area (Å²) in [7, 11) is 1.72. The van der Waals surface area contributed by atoms with Crippen LogP contribution in [0.1, 0.15) is 17.5 Å². The lowest BCUT2D eigenvalue weighted by Gasteiger charge is -2.02. The van der Waals surface area contributed by atoms with Gasteiger partial charge in [0.1, 0.15) is 12.4 Å². The molecule has 16 heavy (non-hydrogen) atoms. The molecule has 2 rings (SSSR count). The first kappa shape index (κ1) is 12.5. The van der Waals surface area contributed by atoms with Crippen LogP contribution in [0.5, 0.6) is 5.75 Å². The first-order valence-electron chi connectivity index (χ1n) is 5.22. The maximum atomic E-state index is 9.34. The first-order valence-corrected chi connectivity index (χ1v) is 5.22. The summed E-state index contributed by atoms with van der Waals surface area (Å²) < 4.78 is 5.14. The minimum atomic E-state index is -0.690. The summed E-state index contributed by atoms with van der Waals surface area (Å²) in [5.41, 5.74) is 7.38. The third-order valence-corrected chi connectivity index (χ3v) is 2.46. The van der Waals surface area contributed by atoms with Crippen LogP contribution in [0, 0.1) is 0 Å². The number of ether oxygens (including phenoxy) is 1. The number of hydrogen-bond acceptors (Lipinski definition) is 3. The molecule has 0 radical (unpaired) electrons. The molecule has 0 saturated heterocycles. The minimum absolute atomic E-state index is 0.556. The summed E-state index contributed by atoms with van der Waals surface area (Å²) in [6.07, 6.45) is 3.79. The second-order valence-electron chi connectivity index (χ2n) is 3.61. The first-order chi connectivity index (χ1) is 7.67.